The molecule has 0 aromatic carbocycles. The molecule has 4 heteroatoms. The fraction of sp³-hybridized carbons (Fsp3) is 0.750. The Balaban J connectivity index is 2.83. The van der Waals surface area contributed by atoms with Gasteiger partial charge in [-0.05, 0) is 24.2 Å². The van der Waals surface area contributed by atoms with Crippen LogP contribution in [0, 0.1) is 5.41 Å². The second-order valence-corrected chi connectivity index (χ2v) is 6.80. The highest BCUT2D eigenvalue weighted by Crippen LogP contribution is 2.28. The molecule has 20 heavy (non-hydrogen) atoms. The molecule has 0 saturated heterocycles. The van der Waals surface area contributed by atoms with E-state index >= 15 is 0 Å². The Morgan fingerprint density at radius 1 is 1.05 bits per heavy atom. The van der Waals surface area contributed by atoms with E-state index in [2.05, 4.69) is 62.1 Å². The lowest BCUT2D eigenvalue weighted by atomic mass is 9.92. The van der Waals surface area contributed by atoms with Crippen molar-refractivity contribution in [2.24, 2.45) is 5.41 Å². The van der Waals surface area contributed by atoms with Crippen molar-refractivity contribution in [2.75, 3.05) is 23.7 Å². The normalized spacial score (nSPS) is 11.8. The van der Waals surface area contributed by atoms with E-state index in [1.54, 1.807) is 6.33 Å². The van der Waals surface area contributed by atoms with Crippen LogP contribution in [0.5, 0.6) is 0 Å². The molecule has 1 rings (SSSR count). The van der Waals surface area contributed by atoms with Gasteiger partial charge < -0.3 is 10.6 Å². The average molecular weight is 278 g/mol. The third-order valence-corrected chi connectivity index (χ3v) is 3.17. The van der Waals surface area contributed by atoms with Gasteiger partial charge in [-0.3, -0.25) is 0 Å². The number of hydrogen-bond acceptors (Lipinski definition) is 4. The van der Waals surface area contributed by atoms with E-state index in [1.807, 2.05) is 0 Å². The quantitative estimate of drug-likeness (QED) is 0.782. The highest BCUT2D eigenvalue weighted by atomic mass is 15.1. The van der Waals surface area contributed by atoms with E-state index in [-0.39, 0.29) is 0 Å². The molecule has 114 valence electrons. The van der Waals surface area contributed by atoms with Gasteiger partial charge in [-0.1, -0.05) is 41.5 Å². The summed E-state index contributed by atoms with van der Waals surface area (Å²) < 4.78 is 0. The van der Waals surface area contributed by atoms with Crippen LogP contribution in [-0.4, -0.2) is 23.1 Å². The van der Waals surface area contributed by atoms with Gasteiger partial charge in [0.1, 0.15) is 18.0 Å². The van der Waals surface area contributed by atoms with Crippen LogP contribution in [0.2, 0.25) is 0 Å². The molecule has 0 spiro atoms. The number of nitrogens with zero attached hydrogens (tertiary/aromatic N) is 2. The third-order valence-electron chi connectivity index (χ3n) is 3.17. The van der Waals surface area contributed by atoms with Crippen LogP contribution in [0.25, 0.3) is 0 Å². The van der Waals surface area contributed by atoms with Crippen LogP contribution in [0.1, 0.15) is 65.9 Å². The maximum absolute atomic E-state index is 4.43. The summed E-state index contributed by atoms with van der Waals surface area (Å²) >= 11 is 0. The van der Waals surface area contributed by atoms with E-state index in [0.29, 0.717) is 11.3 Å². The molecule has 2 N–H and O–H groups in total. The minimum absolute atomic E-state index is 0.335. The lowest BCUT2D eigenvalue weighted by Gasteiger charge is -2.21. The van der Waals surface area contributed by atoms with E-state index in [4.69, 9.17) is 0 Å². The maximum Gasteiger partial charge on any atom is 0.134 e. The van der Waals surface area contributed by atoms with Crippen molar-refractivity contribution < 1.29 is 0 Å². The molecular formula is C16H30N4. The summed E-state index contributed by atoms with van der Waals surface area (Å²) in [7, 11) is 0. The smallest absolute Gasteiger partial charge is 0.134 e. The molecule has 0 aliphatic heterocycles. The van der Waals surface area contributed by atoms with Gasteiger partial charge in [-0.15, -0.1) is 0 Å². The fourth-order valence-corrected chi connectivity index (χ4v) is 2.02. The zero-order chi connectivity index (χ0) is 15.2. The number of nitrogens with one attached hydrogen (secondary N) is 2. The first-order valence-corrected chi connectivity index (χ1v) is 7.67. The second kappa shape index (κ2) is 7.46. The van der Waals surface area contributed by atoms with Crippen molar-refractivity contribution in [3.8, 4) is 0 Å². The molecule has 0 atom stereocenters. The second-order valence-electron chi connectivity index (χ2n) is 6.80. The number of aromatic nitrogens is 2. The molecule has 0 saturated carbocycles. The summed E-state index contributed by atoms with van der Waals surface area (Å²) in [6, 6.07) is 0. The lowest BCUT2D eigenvalue weighted by molar-refractivity contribution is 0.389. The van der Waals surface area contributed by atoms with Crippen LogP contribution < -0.4 is 10.6 Å². The van der Waals surface area contributed by atoms with Crippen molar-refractivity contribution >= 4 is 11.6 Å². The van der Waals surface area contributed by atoms with E-state index in [0.717, 1.165) is 37.6 Å². The topological polar surface area (TPSA) is 49.8 Å². The SMILES string of the molecule is CCCNc1ncnc(NCCC(C)(C)C)c1C(C)C. The van der Waals surface area contributed by atoms with Gasteiger partial charge in [0.2, 0.25) is 0 Å². The molecule has 4 nitrogen and oxygen atoms in total. The summed E-state index contributed by atoms with van der Waals surface area (Å²) in [4.78, 5) is 8.82. The highest BCUT2D eigenvalue weighted by Gasteiger charge is 2.15. The largest absolute Gasteiger partial charge is 0.370 e. The van der Waals surface area contributed by atoms with E-state index in [9.17, 15) is 0 Å². The number of hydrogen-bond donors (Lipinski definition) is 2. The zero-order valence-electron chi connectivity index (χ0n) is 13.9. The van der Waals surface area contributed by atoms with Gasteiger partial charge >= 0.3 is 0 Å². The predicted octanol–water partition coefficient (Wildman–Crippen LogP) is 4.27. The zero-order valence-corrected chi connectivity index (χ0v) is 13.9. The molecule has 0 aliphatic carbocycles. The van der Waals surface area contributed by atoms with Crippen LogP contribution in [0.15, 0.2) is 6.33 Å². The first-order valence-electron chi connectivity index (χ1n) is 7.67. The third kappa shape index (κ3) is 5.35. The first kappa shape index (κ1) is 16.7. The maximum atomic E-state index is 4.43. The Hall–Kier alpha value is -1.32. The Labute approximate surface area is 123 Å². The summed E-state index contributed by atoms with van der Waals surface area (Å²) in [5.41, 5.74) is 1.52. The number of rotatable bonds is 7. The first-order chi connectivity index (χ1) is 9.35. The fourth-order valence-electron chi connectivity index (χ4n) is 2.02. The Bertz CT molecular complexity index is 407. The Morgan fingerprint density at radius 3 is 2.05 bits per heavy atom. The summed E-state index contributed by atoms with van der Waals surface area (Å²) in [6.07, 6.45) is 3.85. The molecule has 1 aromatic heterocycles. The monoisotopic (exact) mass is 278 g/mol. The Morgan fingerprint density at radius 2 is 1.60 bits per heavy atom. The van der Waals surface area contributed by atoms with Gasteiger partial charge in [-0.2, -0.15) is 0 Å². The summed E-state index contributed by atoms with van der Waals surface area (Å²) in [5.74, 6) is 2.33. The van der Waals surface area contributed by atoms with Crippen LogP contribution in [0.4, 0.5) is 11.6 Å². The van der Waals surface area contributed by atoms with Gasteiger partial charge in [0, 0.05) is 18.7 Å². The molecule has 0 fully saturated rings. The van der Waals surface area contributed by atoms with Crippen molar-refractivity contribution in [1.82, 2.24) is 9.97 Å². The van der Waals surface area contributed by atoms with Gasteiger partial charge in [0.15, 0.2) is 0 Å². The standard InChI is InChI=1S/C16H30N4/c1-7-9-17-14-13(12(2)3)15(20-11-19-14)18-10-8-16(4,5)6/h11-12H,7-10H2,1-6H3,(H2,17,18,19,20). The van der Waals surface area contributed by atoms with E-state index < -0.39 is 0 Å². The highest BCUT2D eigenvalue weighted by molar-refractivity contribution is 5.58. The number of anilines is 2. The van der Waals surface area contributed by atoms with Crippen LogP contribution in [-0.2, 0) is 0 Å². The van der Waals surface area contributed by atoms with Gasteiger partial charge in [0.25, 0.3) is 0 Å². The minimum atomic E-state index is 0.335. The van der Waals surface area contributed by atoms with Crippen molar-refractivity contribution in [3.05, 3.63) is 11.9 Å². The molecule has 1 heterocycles. The van der Waals surface area contributed by atoms with E-state index in [1.165, 1.54) is 5.56 Å². The minimum Gasteiger partial charge on any atom is -0.370 e. The molecule has 0 unspecified atom stereocenters. The summed E-state index contributed by atoms with van der Waals surface area (Å²) in [5, 5.41) is 6.88. The summed E-state index contributed by atoms with van der Waals surface area (Å²) in [6.45, 7) is 15.2. The molecule has 0 bridgehead atoms. The van der Waals surface area contributed by atoms with Gasteiger partial charge in [-0.25, -0.2) is 9.97 Å². The van der Waals surface area contributed by atoms with Crippen molar-refractivity contribution in [2.45, 2.75) is 60.3 Å². The van der Waals surface area contributed by atoms with Crippen LogP contribution in [0.3, 0.4) is 0 Å². The molecular weight excluding hydrogens is 248 g/mol. The van der Waals surface area contributed by atoms with Crippen LogP contribution >= 0.6 is 0 Å². The molecule has 0 radical (unpaired) electrons. The molecule has 1 aromatic rings. The molecule has 0 aliphatic rings. The van der Waals surface area contributed by atoms with Crippen molar-refractivity contribution in [3.63, 3.8) is 0 Å². The molecule has 0 amide bonds. The average Bonchev–Trinajstić information content (AvgIpc) is 2.34. The van der Waals surface area contributed by atoms with Gasteiger partial charge in [0.05, 0.1) is 0 Å². The Kier molecular flexibility index (Phi) is 6.24. The van der Waals surface area contributed by atoms with Crippen molar-refractivity contribution in [1.29, 1.82) is 0 Å². The predicted molar refractivity (Wildman–Crippen MR) is 87.5 cm³/mol. The lowest BCUT2D eigenvalue weighted by Crippen LogP contribution is -2.16.